The molecular weight excluding hydrogens is 595 g/mol. The molecular formula is C23H19BrClIN2O3. The Kier molecular flexibility index (Phi) is 8.74. The number of hydrazone groups is 1. The monoisotopic (exact) mass is 612 g/mol. The molecule has 0 atom stereocenters. The number of amides is 1. The smallest absolute Gasteiger partial charge is 0.244 e. The molecule has 0 spiro atoms. The first-order valence-electron chi connectivity index (χ1n) is 9.25. The van der Waals surface area contributed by atoms with E-state index in [0.29, 0.717) is 23.1 Å². The summed E-state index contributed by atoms with van der Waals surface area (Å²) in [6.07, 6.45) is 1.79. The lowest BCUT2D eigenvalue weighted by Gasteiger charge is -2.13. The van der Waals surface area contributed by atoms with Crippen LogP contribution in [-0.4, -0.2) is 19.2 Å². The predicted octanol–water partition coefficient (Wildman–Crippen LogP) is 5.99. The Labute approximate surface area is 208 Å². The van der Waals surface area contributed by atoms with E-state index in [1.165, 1.54) is 0 Å². The maximum atomic E-state index is 12.1. The van der Waals surface area contributed by atoms with E-state index in [1.54, 1.807) is 25.5 Å². The largest absolute Gasteiger partial charge is 0.493 e. The molecule has 5 nitrogen and oxygen atoms in total. The van der Waals surface area contributed by atoms with Crippen LogP contribution in [0.25, 0.3) is 0 Å². The average Bonchev–Trinajstić information content (AvgIpc) is 2.75. The highest BCUT2D eigenvalue weighted by atomic mass is 127. The summed E-state index contributed by atoms with van der Waals surface area (Å²) in [4.78, 5) is 12.1. The summed E-state index contributed by atoms with van der Waals surface area (Å²) in [5.41, 5.74) is 5.23. The van der Waals surface area contributed by atoms with Gasteiger partial charge < -0.3 is 9.47 Å². The van der Waals surface area contributed by atoms with Gasteiger partial charge >= 0.3 is 0 Å². The van der Waals surface area contributed by atoms with E-state index in [0.717, 1.165) is 24.7 Å². The molecule has 160 valence electrons. The minimum atomic E-state index is -0.213. The molecule has 1 amide bonds. The van der Waals surface area contributed by atoms with Gasteiger partial charge in [0.2, 0.25) is 5.91 Å². The minimum absolute atomic E-state index is 0.213. The Hall–Kier alpha value is -2.10. The van der Waals surface area contributed by atoms with Crippen LogP contribution in [0, 0.1) is 3.57 Å². The first-order chi connectivity index (χ1) is 14.9. The maximum Gasteiger partial charge on any atom is 0.244 e. The molecule has 0 saturated carbocycles. The van der Waals surface area contributed by atoms with Crippen LogP contribution in [0.3, 0.4) is 0 Å². The number of benzene rings is 3. The third kappa shape index (κ3) is 7.22. The summed E-state index contributed by atoms with van der Waals surface area (Å²) in [6, 6.07) is 18.8. The summed E-state index contributed by atoms with van der Waals surface area (Å²) in [6.45, 7) is 0.424. The van der Waals surface area contributed by atoms with Crippen LogP contribution in [0.4, 0.5) is 0 Å². The molecule has 0 fully saturated rings. The van der Waals surface area contributed by atoms with Gasteiger partial charge in [0, 0.05) is 9.50 Å². The standard InChI is InChI=1S/C23H19BrClIN2O3/c1-30-21-11-17(13-27-28-22(29)12-15-4-8-19(25)9-5-15)10-20(26)23(21)31-14-16-2-6-18(24)7-3-16/h2-11,13H,12,14H2,1H3,(H,28,29)/b27-13-. The van der Waals surface area contributed by atoms with Gasteiger partial charge in [0.15, 0.2) is 11.5 Å². The Balaban J connectivity index is 1.62. The number of nitrogens with zero attached hydrogens (tertiary/aromatic N) is 1. The van der Waals surface area contributed by atoms with E-state index >= 15 is 0 Å². The molecule has 0 unspecified atom stereocenters. The SMILES string of the molecule is COc1cc(/C=N\NC(=O)Cc2ccc(Cl)cc2)cc(I)c1OCc1ccc(Br)cc1. The highest BCUT2D eigenvalue weighted by molar-refractivity contribution is 14.1. The van der Waals surface area contributed by atoms with Gasteiger partial charge in [-0.1, -0.05) is 51.8 Å². The maximum absolute atomic E-state index is 12.1. The summed E-state index contributed by atoms with van der Waals surface area (Å²) in [7, 11) is 1.59. The Morgan fingerprint density at radius 3 is 2.48 bits per heavy atom. The van der Waals surface area contributed by atoms with Crippen molar-refractivity contribution in [2.24, 2.45) is 5.10 Å². The normalized spacial score (nSPS) is 10.8. The number of carbonyl (C=O) groups is 1. The molecule has 3 aromatic rings. The van der Waals surface area contributed by atoms with Crippen molar-refractivity contribution in [1.82, 2.24) is 5.43 Å². The van der Waals surface area contributed by atoms with Crippen molar-refractivity contribution in [3.05, 3.63) is 90.4 Å². The van der Waals surface area contributed by atoms with Crippen molar-refractivity contribution in [3.8, 4) is 11.5 Å². The van der Waals surface area contributed by atoms with Crippen molar-refractivity contribution in [3.63, 3.8) is 0 Å². The van der Waals surface area contributed by atoms with E-state index < -0.39 is 0 Å². The molecule has 0 aliphatic carbocycles. The summed E-state index contributed by atoms with van der Waals surface area (Å²) >= 11 is 11.5. The number of methoxy groups -OCH3 is 1. The van der Waals surface area contributed by atoms with Crippen molar-refractivity contribution in [1.29, 1.82) is 0 Å². The third-order valence-electron chi connectivity index (χ3n) is 4.23. The molecule has 3 rings (SSSR count). The van der Waals surface area contributed by atoms with Crippen LogP contribution >= 0.6 is 50.1 Å². The van der Waals surface area contributed by atoms with E-state index in [-0.39, 0.29) is 12.3 Å². The molecule has 0 radical (unpaired) electrons. The third-order valence-corrected chi connectivity index (χ3v) is 5.81. The zero-order valence-corrected chi connectivity index (χ0v) is 21.1. The first-order valence-corrected chi connectivity index (χ1v) is 11.5. The molecule has 0 aliphatic rings. The lowest BCUT2D eigenvalue weighted by atomic mass is 10.1. The van der Waals surface area contributed by atoms with Gasteiger partial charge in [0.1, 0.15) is 6.61 Å². The van der Waals surface area contributed by atoms with Crippen LogP contribution in [0.15, 0.2) is 70.2 Å². The first kappa shape index (κ1) is 23.6. The zero-order chi connectivity index (χ0) is 22.2. The van der Waals surface area contributed by atoms with Crippen LogP contribution in [0.2, 0.25) is 5.02 Å². The number of hydrogen-bond donors (Lipinski definition) is 1. The minimum Gasteiger partial charge on any atom is -0.493 e. The fourth-order valence-corrected chi connectivity index (χ4v) is 3.87. The quantitative estimate of drug-likeness (QED) is 0.193. The van der Waals surface area contributed by atoms with Crippen LogP contribution in [0.5, 0.6) is 11.5 Å². The molecule has 0 aliphatic heterocycles. The number of halogens is 3. The summed E-state index contributed by atoms with van der Waals surface area (Å²) < 4.78 is 13.4. The van der Waals surface area contributed by atoms with Gasteiger partial charge in [-0.15, -0.1) is 0 Å². The highest BCUT2D eigenvalue weighted by Crippen LogP contribution is 2.34. The van der Waals surface area contributed by atoms with Crippen molar-refractivity contribution in [2.45, 2.75) is 13.0 Å². The van der Waals surface area contributed by atoms with E-state index in [9.17, 15) is 4.79 Å². The molecule has 0 saturated heterocycles. The van der Waals surface area contributed by atoms with Gasteiger partial charge in [-0.3, -0.25) is 4.79 Å². The summed E-state index contributed by atoms with van der Waals surface area (Å²) in [5, 5.41) is 4.68. The van der Waals surface area contributed by atoms with Gasteiger partial charge in [-0.2, -0.15) is 5.10 Å². The number of ether oxygens (including phenoxy) is 2. The molecule has 3 aromatic carbocycles. The molecule has 0 bridgehead atoms. The Bertz CT molecular complexity index is 1070. The van der Waals surface area contributed by atoms with Gasteiger partial charge in [0.25, 0.3) is 0 Å². The van der Waals surface area contributed by atoms with E-state index in [4.69, 9.17) is 21.1 Å². The zero-order valence-electron chi connectivity index (χ0n) is 16.6. The number of nitrogens with one attached hydrogen (secondary N) is 1. The second kappa shape index (κ2) is 11.5. The fraction of sp³-hybridized carbons (Fsp3) is 0.130. The molecule has 0 aromatic heterocycles. The number of carbonyl (C=O) groups excluding carboxylic acids is 1. The second-order valence-corrected chi connectivity index (χ2v) is 9.06. The number of hydrogen-bond acceptors (Lipinski definition) is 4. The molecule has 31 heavy (non-hydrogen) atoms. The van der Waals surface area contributed by atoms with E-state index in [2.05, 4.69) is 49.0 Å². The van der Waals surface area contributed by atoms with Crippen molar-refractivity contribution >= 4 is 62.2 Å². The Morgan fingerprint density at radius 1 is 1.13 bits per heavy atom. The highest BCUT2D eigenvalue weighted by Gasteiger charge is 2.12. The molecule has 8 heteroatoms. The fourth-order valence-electron chi connectivity index (χ4n) is 2.70. The van der Waals surface area contributed by atoms with E-state index in [1.807, 2.05) is 48.5 Å². The molecule has 0 heterocycles. The Morgan fingerprint density at radius 2 is 1.81 bits per heavy atom. The topological polar surface area (TPSA) is 59.9 Å². The summed E-state index contributed by atoms with van der Waals surface area (Å²) in [5.74, 6) is 1.04. The van der Waals surface area contributed by atoms with Crippen LogP contribution < -0.4 is 14.9 Å². The van der Waals surface area contributed by atoms with Crippen molar-refractivity contribution in [2.75, 3.05) is 7.11 Å². The molecule has 1 N–H and O–H groups in total. The van der Waals surface area contributed by atoms with Crippen LogP contribution in [-0.2, 0) is 17.8 Å². The van der Waals surface area contributed by atoms with Crippen molar-refractivity contribution < 1.29 is 14.3 Å². The van der Waals surface area contributed by atoms with Crippen LogP contribution in [0.1, 0.15) is 16.7 Å². The van der Waals surface area contributed by atoms with Gasteiger partial charge in [0.05, 0.1) is 23.3 Å². The predicted molar refractivity (Wildman–Crippen MR) is 135 cm³/mol. The van der Waals surface area contributed by atoms with Gasteiger partial charge in [-0.05, 0) is 75.7 Å². The lowest BCUT2D eigenvalue weighted by molar-refractivity contribution is -0.120. The van der Waals surface area contributed by atoms with Gasteiger partial charge in [-0.25, -0.2) is 5.43 Å². The number of rotatable bonds is 8. The lowest BCUT2D eigenvalue weighted by Crippen LogP contribution is -2.19. The second-order valence-electron chi connectivity index (χ2n) is 6.55. The average molecular weight is 614 g/mol.